The molecule has 0 aliphatic carbocycles. The van der Waals surface area contributed by atoms with E-state index >= 15 is 0 Å². The van der Waals surface area contributed by atoms with Crippen molar-refractivity contribution in [1.29, 1.82) is 5.26 Å². The Morgan fingerprint density at radius 1 is 1.35 bits per heavy atom. The summed E-state index contributed by atoms with van der Waals surface area (Å²) in [5.41, 5.74) is 3.14. The smallest absolute Gasteiger partial charge is 0.179 e. The number of hydrogen-bond acceptors (Lipinski definition) is 3. The van der Waals surface area contributed by atoms with Crippen LogP contribution in [0, 0.1) is 11.3 Å². The summed E-state index contributed by atoms with van der Waals surface area (Å²) in [6.07, 6.45) is 1.59. The number of rotatable bonds is 1. The van der Waals surface area contributed by atoms with Gasteiger partial charge in [-0.05, 0) is 40.2 Å². The molecule has 17 heavy (non-hydrogen) atoms. The van der Waals surface area contributed by atoms with E-state index in [-0.39, 0.29) is 0 Å². The van der Waals surface area contributed by atoms with Crippen molar-refractivity contribution < 1.29 is 4.42 Å². The van der Waals surface area contributed by atoms with Crippen molar-refractivity contribution in [1.82, 2.24) is 9.97 Å². The lowest BCUT2D eigenvalue weighted by Gasteiger charge is -1.89. The van der Waals surface area contributed by atoms with Gasteiger partial charge >= 0.3 is 0 Å². The Labute approximate surface area is 105 Å². The first kappa shape index (κ1) is 10.1. The van der Waals surface area contributed by atoms with Crippen molar-refractivity contribution in [2.75, 3.05) is 0 Å². The molecule has 1 aromatic carbocycles. The van der Waals surface area contributed by atoms with Crippen LogP contribution in [0.1, 0.15) is 5.56 Å². The highest BCUT2D eigenvalue weighted by atomic mass is 79.9. The minimum absolute atomic E-state index is 0.610. The normalized spacial score (nSPS) is 10.6. The van der Waals surface area contributed by atoms with Crippen LogP contribution in [0.2, 0.25) is 0 Å². The largest absolute Gasteiger partial charge is 0.457 e. The van der Waals surface area contributed by atoms with E-state index in [9.17, 15) is 0 Å². The first-order valence-corrected chi connectivity index (χ1v) is 5.70. The Hall–Kier alpha value is -2.06. The Morgan fingerprint density at radius 2 is 2.24 bits per heavy atom. The van der Waals surface area contributed by atoms with E-state index in [1.54, 1.807) is 18.4 Å². The second kappa shape index (κ2) is 3.75. The number of nitrogens with one attached hydrogen (secondary N) is 1. The quantitative estimate of drug-likeness (QED) is 0.745. The minimum atomic E-state index is 0.610. The Bertz CT molecular complexity index is 736. The predicted octanol–water partition coefficient (Wildman–Crippen LogP) is 3.46. The molecular weight excluding hydrogens is 282 g/mol. The van der Waals surface area contributed by atoms with E-state index in [0.717, 1.165) is 22.4 Å². The Kier molecular flexibility index (Phi) is 2.23. The van der Waals surface area contributed by atoms with Gasteiger partial charge in [-0.3, -0.25) is 0 Å². The summed E-state index contributed by atoms with van der Waals surface area (Å²) in [4.78, 5) is 7.60. The molecule has 0 spiro atoms. The molecule has 82 valence electrons. The standard InChI is InChI=1S/C12H6BrN3O/c13-11-8(3-4-17-11)12-15-9-2-1-7(6-14)5-10(9)16-12/h1-5H,(H,15,16). The summed E-state index contributed by atoms with van der Waals surface area (Å²) in [6.45, 7) is 0. The Morgan fingerprint density at radius 3 is 2.94 bits per heavy atom. The number of benzene rings is 1. The van der Waals surface area contributed by atoms with Crippen LogP contribution in [0.5, 0.6) is 0 Å². The summed E-state index contributed by atoms with van der Waals surface area (Å²) >= 11 is 3.31. The summed E-state index contributed by atoms with van der Waals surface area (Å²) in [5.74, 6) is 0.718. The molecule has 3 aromatic rings. The zero-order valence-electron chi connectivity index (χ0n) is 8.57. The van der Waals surface area contributed by atoms with Crippen LogP contribution in [0.4, 0.5) is 0 Å². The summed E-state index contributed by atoms with van der Waals surface area (Å²) in [7, 11) is 0. The van der Waals surface area contributed by atoms with Crippen LogP contribution in [-0.4, -0.2) is 9.97 Å². The minimum Gasteiger partial charge on any atom is -0.457 e. The summed E-state index contributed by atoms with van der Waals surface area (Å²) in [6, 6.07) is 9.27. The molecule has 2 aromatic heterocycles. The van der Waals surface area contributed by atoms with Gasteiger partial charge in [0.2, 0.25) is 0 Å². The van der Waals surface area contributed by atoms with Crippen LogP contribution in [-0.2, 0) is 0 Å². The highest BCUT2D eigenvalue weighted by molar-refractivity contribution is 9.10. The van der Waals surface area contributed by atoms with Crippen molar-refractivity contribution in [3.63, 3.8) is 0 Å². The molecule has 3 rings (SSSR count). The molecule has 0 bridgehead atoms. The lowest BCUT2D eigenvalue weighted by molar-refractivity contribution is 0.542. The molecule has 0 saturated heterocycles. The third kappa shape index (κ3) is 1.63. The highest BCUT2D eigenvalue weighted by Gasteiger charge is 2.10. The van der Waals surface area contributed by atoms with Crippen LogP contribution in [0.3, 0.4) is 0 Å². The maximum absolute atomic E-state index is 8.83. The van der Waals surface area contributed by atoms with Gasteiger partial charge in [0.05, 0.1) is 34.5 Å². The molecule has 0 unspecified atom stereocenters. The van der Waals surface area contributed by atoms with Crippen molar-refractivity contribution in [3.05, 3.63) is 40.8 Å². The van der Waals surface area contributed by atoms with Crippen molar-refractivity contribution in [2.24, 2.45) is 0 Å². The second-order valence-electron chi connectivity index (χ2n) is 3.54. The van der Waals surface area contributed by atoms with Gasteiger partial charge in [0.25, 0.3) is 0 Å². The van der Waals surface area contributed by atoms with Crippen LogP contribution >= 0.6 is 15.9 Å². The number of fused-ring (bicyclic) bond motifs is 1. The number of hydrogen-bond donors (Lipinski definition) is 1. The zero-order chi connectivity index (χ0) is 11.8. The average molecular weight is 288 g/mol. The number of nitrogens with zero attached hydrogens (tertiary/aromatic N) is 2. The van der Waals surface area contributed by atoms with Gasteiger partial charge in [-0.25, -0.2) is 4.98 Å². The molecule has 0 fully saturated rings. The fourth-order valence-electron chi connectivity index (χ4n) is 1.67. The van der Waals surface area contributed by atoms with E-state index in [2.05, 4.69) is 32.0 Å². The maximum Gasteiger partial charge on any atom is 0.179 e. The number of H-pyrrole nitrogens is 1. The topological polar surface area (TPSA) is 65.6 Å². The fraction of sp³-hybridized carbons (Fsp3) is 0. The van der Waals surface area contributed by atoms with E-state index in [4.69, 9.17) is 9.68 Å². The molecule has 4 nitrogen and oxygen atoms in total. The number of imidazole rings is 1. The van der Waals surface area contributed by atoms with Crippen molar-refractivity contribution >= 4 is 27.0 Å². The Balaban J connectivity index is 2.21. The van der Waals surface area contributed by atoms with E-state index in [1.165, 1.54) is 0 Å². The molecule has 0 radical (unpaired) electrons. The van der Waals surface area contributed by atoms with Crippen LogP contribution in [0.15, 0.2) is 39.6 Å². The molecule has 0 saturated carbocycles. The van der Waals surface area contributed by atoms with E-state index in [0.29, 0.717) is 10.2 Å². The number of aromatic nitrogens is 2. The van der Waals surface area contributed by atoms with Gasteiger partial charge in [-0.2, -0.15) is 5.26 Å². The second-order valence-corrected chi connectivity index (χ2v) is 4.26. The SMILES string of the molecule is N#Cc1ccc2nc(-c3ccoc3Br)[nH]c2c1. The van der Waals surface area contributed by atoms with Gasteiger partial charge in [-0.1, -0.05) is 0 Å². The van der Waals surface area contributed by atoms with Crippen molar-refractivity contribution in [2.45, 2.75) is 0 Å². The molecule has 0 atom stereocenters. The molecule has 0 aliphatic rings. The van der Waals surface area contributed by atoms with Gasteiger partial charge < -0.3 is 9.40 Å². The van der Waals surface area contributed by atoms with Gasteiger partial charge in [-0.15, -0.1) is 0 Å². The number of aromatic amines is 1. The molecule has 2 heterocycles. The van der Waals surface area contributed by atoms with E-state index < -0.39 is 0 Å². The molecular formula is C12H6BrN3O. The third-order valence-electron chi connectivity index (χ3n) is 2.48. The molecule has 5 heteroatoms. The maximum atomic E-state index is 8.83. The average Bonchev–Trinajstić information content (AvgIpc) is 2.93. The van der Waals surface area contributed by atoms with Crippen LogP contribution < -0.4 is 0 Å². The monoisotopic (exact) mass is 287 g/mol. The van der Waals surface area contributed by atoms with Gasteiger partial charge in [0.1, 0.15) is 5.82 Å². The molecule has 0 amide bonds. The summed E-state index contributed by atoms with van der Waals surface area (Å²) < 4.78 is 5.80. The number of nitriles is 1. The predicted molar refractivity (Wildman–Crippen MR) is 66.2 cm³/mol. The van der Waals surface area contributed by atoms with Crippen molar-refractivity contribution in [3.8, 4) is 17.5 Å². The molecule has 0 aliphatic heterocycles. The first-order valence-electron chi connectivity index (χ1n) is 4.91. The van der Waals surface area contributed by atoms with Gasteiger partial charge in [0.15, 0.2) is 4.67 Å². The summed E-state index contributed by atoms with van der Waals surface area (Å²) in [5, 5.41) is 8.83. The van der Waals surface area contributed by atoms with Crippen LogP contribution in [0.25, 0.3) is 22.4 Å². The highest BCUT2D eigenvalue weighted by Crippen LogP contribution is 2.28. The zero-order valence-corrected chi connectivity index (χ0v) is 10.2. The number of furan rings is 1. The molecule has 1 N–H and O–H groups in total. The first-order chi connectivity index (χ1) is 8.28. The lowest BCUT2D eigenvalue weighted by atomic mass is 10.2. The third-order valence-corrected chi connectivity index (χ3v) is 3.10. The number of halogens is 1. The van der Waals surface area contributed by atoms with Gasteiger partial charge in [0, 0.05) is 0 Å². The lowest BCUT2D eigenvalue weighted by Crippen LogP contribution is -1.76. The van der Waals surface area contributed by atoms with E-state index in [1.807, 2.05) is 12.1 Å². The fourth-order valence-corrected chi connectivity index (χ4v) is 2.10.